The van der Waals surface area contributed by atoms with E-state index in [0.717, 1.165) is 45.5 Å². The lowest BCUT2D eigenvalue weighted by Gasteiger charge is -2.10. The van der Waals surface area contributed by atoms with E-state index < -0.39 is 0 Å². The number of hydrazine groups is 1. The van der Waals surface area contributed by atoms with Crippen molar-refractivity contribution in [2.24, 2.45) is 5.84 Å². The van der Waals surface area contributed by atoms with Crippen molar-refractivity contribution in [3.63, 3.8) is 0 Å². The number of rotatable bonds is 5. The van der Waals surface area contributed by atoms with Gasteiger partial charge in [-0.3, -0.25) is 10.5 Å². The van der Waals surface area contributed by atoms with E-state index in [9.17, 15) is 0 Å². The summed E-state index contributed by atoms with van der Waals surface area (Å²) in [6, 6.07) is 22.2. The molecule has 142 valence electrons. The first-order valence-corrected chi connectivity index (χ1v) is 9.28. The van der Waals surface area contributed by atoms with Crippen LogP contribution < -0.4 is 16.6 Å². The first kappa shape index (κ1) is 17.2. The van der Waals surface area contributed by atoms with E-state index in [0.29, 0.717) is 0 Å². The summed E-state index contributed by atoms with van der Waals surface area (Å²) in [4.78, 5) is 8.73. The van der Waals surface area contributed by atoms with Crippen molar-refractivity contribution in [1.29, 1.82) is 0 Å². The van der Waals surface area contributed by atoms with Gasteiger partial charge in [0.05, 0.1) is 23.8 Å². The lowest BCUT2D eigenvalue weighted by molar-refractivity contribution is 0.712. The summed E-state index contributed by atoms with van der Waals surface area (Å²) in [6.45, 7) is 0.739. The number of anilines is 3. The van der Waals surface area contributed by atoms with Gasteiger partial charge in [0.25, 0.3) is 0 Å². The van der Waals surface area contributed by atoms with Crippen LogP contribution in [0.4, 0.5) is 17.2 Å². The number of hydrogen-bond acceptors (Lipinski definition) is 6. The van der Waals surface area contributed by atoms with Crippen LogP contribution in [0.3, 0.4) is 0 Å². The highest BCUT2D eigenvalue weighted by atomic mass is 15.3. The van der Waals surface area contributed by atoms with Gasteiger partial charge in [0.2, 0.25) is 0 Å². The van der Waals surface area contributed by atoms with Gasteiger partial charge in [-0.05, 0) is 42.0 Å². The van der Waals surface area contributed by atoms with Crippen molar-refractivity contribution >= 4 is 39.0 Å². The molecule has 7 nitrogen and oxygen atoms in total. The summed E-state index contributed by atoms with van der Waals surface area (Å²) in [5, 5.41) is 9.90. The van der Waals surface area contributed by atoms with Crippen LogP contribution in [0.25, 0.3) is 21.8 Å². The average molecular weight is 381 g/mol. The molecule has 0 saturated heterocycles. The van der Waals surface area contributed by atoms with Gasteiger partial charge in [-0.15, -0.1) is 0 Å². The zero-order chi connectivity index (χ0) is 19.6. The summed E-state index contributed by atoms with van der Waals surface area (Å²) in [6.07, 6.45) is 3.44. The lowest BCUT2D eigenvalue weighted by Crippen LogP contribution is -2.06. The highest BCUT2D eigenvalue weighted by molar-refractivity contribution is 5.93. The van der Waals surface area contributed by atoms with Gasteiger partial charge in [-0.2, -0.15) is 5.10 Å². The Kier molecular flexibility index (Phi) is 4.27. The molecule has 5 rings (SSSR count). The number of nitrogens with zero attached hydrogens (tertiary/aromatic N) is 4. The Morgan fingerprint density at radius 1 is 0.897 bits per heavy atom. The molecule has 5 aromatic rings. The molecule has 0 atom stereocenters. The molecule has 0 unspecified atom stereocenters. The topological polar surface area (TPSA) is 93.7 Å². The second kappa shape index (κ2) is 7.21. The fourth-order valence-electron chi connectivity index (χ4n) is 3.43. The molecule has 29 heavy (non-hydrogen) atoms. The molecule has 0 bridgehead atoms. The third-order valence-electron chi connectivity index (χ3n) is 4.88. The van der Waals surface area contributed by atoms with E-state index in [4.69, 9.17) is 5.84 Å². The van der Waals surface area contributed by atoms with Crippen LogP contribution in [-0.2, 0) is 6.54 Å². The number of fused-ring (bicyclic) bond motifs is 2. The molecule has 2 aromatic heterocycles. The normalized spacial score (nSPS) is 11.1. The molecule has 0 spiro atoms. The number of nitrogen functional groups attached to an aromatic ring is 1. The van der Waals surface area contributed by atoms with Gasteiger partial charge in [-0.25, -0.2) is 9.97 Å². The molecular formula is C22H19N7. The zero-order valence-electron chi connectivity index (χ0n) is 15.6. The Hall–Kier alpha value is -3.97. The molecule has 0 radical (unpaired) electrons. The van der Waals surface area contributed by atoms with Crippen LogP contribution in [0.1, 0.15) is 5.56 Å². The highest BCUT2D eigenvalue weighted by Gasteiger charge is 2.08. The van der Waals surface area contributed by atoms with E-state index in [-0.39, 0.29) is 0 Å². The Balaban J connectivity index is 1.47. The largest absolute Gasteiger partial charge is 0.340 e. The van der Waals surface area contributed by atoms with Crippen molar-refractivity contribution < 1.29 is 0 Å². The number of nitrogens with two attached hydrogens (primary N) is 1. The fourth-order valence-corrected chi connectivity index (χ4v) is 3.43. The average Bonchev–Trinajstić information content (AvgIpc) is 3.16. The predicted molar refractivity (Wildman–Crippen MR) is 116 cm³/mol. The summed E-state index contributed by atoms with van der Waals surface area (Å²) >= 11 is 0. The van der Waals surface area contributed by atoms with Crippen molar-refractivity contribution in [3.05, 3.63) is 84.8 Å². The first-order valence-electron chi connectivity index (χ1n) is 9.28. The minimum absolute atomic E-state index is 0.725. The minimum Gasteiger partial charge on any atom is -0.340 e. The fraction of sp³-hybridized carbons (Fsp3) is 0.0455. The monoisotopic (exact) mass is 381 g/mol. The Morgan fingerprint density at radius 3 is 2.62 bits per heavy atom. The van der Waals surface area contributed by atoms with Crippen LogP contribution >= 0.6 is 0 Å². The molecule has 2 heterocycles. The van der Waals surface area contributed by atoms with Gasteiger partial charge in [-0.1, -0.05) is 30.3 Å². The predicted octanol–water partition coefficient (Wildman–Crippen LogP) is 4.06. The molecular weight excluding hydrogens is 362 g/mol. The van der Waals surface area contributed by atoms with E-state index in [1.165, 1.54) is 5.56 Å². The van der Waals surface area contributed by atoms with Crippen LogP contribution in [0.15, 0.2) is 79.3 Å². The van der Waals surface area contributed by atoms with Gasteiger partial charge < -0.3 is 10.7 Å². The third-order valence-corrected chi connectivity index (χ3v) is 4.88. The van der Waals surface area contributed by atoms with Crippen molar-refractivity contribution in [2.75, 3.05) is 10.7 Å². The molecule has 4 N–H and O–H groups in total. The smallest absolute Gasteiger partial charge is 0.141 e. The highest BCUT2D eigenvalue weighted by Crippen LogP contribution is 2.27. The van der Waals surface area contributed by atoms with Gasteiger partial charge in [0.15, 0.2) is 0 Å². The Labute approximate surface area is 167 Å². The molecule has 0 aliphatic carbocycles. The van der Waals surface area contributed by atoms with Crippen molar-refractivity contribution in [2.45, 2.75) is 6.54 Å². The van der Waals surface area contributed by atoms with Crippen molar-refractivity contribution in [3.8, 4) is 0 Å². The molecule has 0 aliphatic heterocycles. The zero-order valence-corrected chi connectivity index (χ0v) is 15.6. The molecule has 0 saturated carbocycles. The Bertz CT molecular complexity index is 1290. The van der Waals surface area contributed by atoms with Gasteiger partial charge >= 0.3 is 0 Å². The summed E-state index contributed by atoms with van der Waals surface area (Å²) in [5.41, 5.74) is 7.54. The quantitative estimate of drug-likeness (QED) is 0.314. The van der Waals surface area contributed by atoms with Crippen LogP contribution in [0, 0.1) is 0 Å². The summed E-state index contributed by atoms with van der Waals surface area (Å²) < 4.78 is 2.01. The SMILES string of the molecule is NNc1ccc2ncnc(Nc3ccc4c(cnn4Cc4ccccc4)c3)c2c1. The molecule has 3 aromatic carbocycles. The van der Waals surface area contributed by atoms with E-state index >= 15 is 0 Å². The maximum atomic E-state index is 5.54. The molecule has 0 amide bonds. The van der Waals surface area contributed by atoms with Crippen LogP contribution in [0.5, 0.6) is 0 Å². The van der Waals surface area contributed by atoms with Gasteiger partial charge in [0, 0.05) is 22.1 Å². The maximum absolute atomic E-state index is 5.54. The second-order valence-corrected chi connectivity index (χ2v) is 6.78. The van der Waals surface area contributed by atoms with E-state index in [2.05, 4.69) is 50.1 Å². The first-order chi connectivity index (χ1) is 14.3. The standard InChI is InChI=1S/C22H19N7/c23-28-18-6-8-20-19(11-18)22(25-14-24-20)27-17-7-9-21-16(10-17)12-26-29(21)13-15-4-2-1-3-5-15/h1-12,14,28H,13,23H2,(H,24,25,27). The summed E-state index contributed by atoms with van der Waals surface area (Å²) in [5.74, 6) is 6.27. The maximum Gasteiger partial charge on any atom is 0.141 e. The Morgan fingerprint density at radius 2 is 1.76 bits per heavy atom. The van der Waals surface area contributed by atoms with Gasteiger partial charge in [0.1, 0.15) is 12.1 Å². The number of benzene rings is 3. The number of hydrogen-bond donors (Lipinski definition) is 3. The second-order valence-electron chi connectivity index (χ2n) is 6.78. The molecule has 7 heteroatoms. The van der Waals surface area contributed by atoms with Crippen LogP contribution in [-0.4, -0.2) is 19.7 Å². The number of aromatic nitrogens is 4. The number of nitrogens with one attached hydrogen (secondary N) is 2. The van der Waals surface area contributed by atoms with Crippen LogP contribution in [0.2, 0.25) is 0 Å². The van der Waals surface area contributed by atoms with E-state index in [1.54, 1.807) is 6.33 Å². The summed E-state index contributed by atoms with van der Waals surface area (Å²) in [7, 11) is 0. The van der Waals surface area contributed by atoms with E-state index in [1.807, 2.05) is 53.3 Å². The minimum atomic E-state index is 0.725. The third kappa shape index (κ3) is 3.35. The molecule has 0 aliphatic rings. The van der Waals surface area contributed by atoms with Crippen molar-refractivity contribution in [1.82, 2.24) is 19.7 Å². The lowest BCUT2D eigenvalue weighted by atomic mass is 10.2. The molecule has 0 fully saturated rings.